The number of hydrogen-bond acceptors (Lipinski definition) is 4. The number of aromatic nitrogens is 1. The molecule has 1 saturated carbocycles. The van der Waals surface area contributed by atoms with E-state index in [1.807, 2.05) is 42.5 Å². The van der Waals surface area contributed by atoms with E-state index in [0.29, 0.717) is 35.6 Å². The monoisotopic (exact) mass is 451 g/mol. The molecule has 2 aromatic carbocycles. The van der Waals surface area contributed by atoms with Crippen molar-refractivity contribution in [3.05, 3.63) is 71.2 Å². The number of rotatable bonds is 8. The summed E-state index contributed by atoms with van der Waals surface area (Å²) in [5.41, 5.74) is 2.94. The summed E-state index contributed by atoms with van der Waals surface area (Å²) in [4.78, 5) is 19.4. The molecule has 0 bridgehead atoms. The molecule has 1 amide bonds. The van der Waals surface area contributed by atoms with Crippen molar-refractivity contribution in [2.24, 2.45) is 0 Å². The summed E-state index contributed by atoms with van der Waals surface area (Å²) in [6, 6.07) is 16.1. The number of oxazole rings is 1. The largest absolute Gasteiger partial charge is 0.441 e. The van der Waals surface area contributed by atoms with E-state index in [9.17, 15) is 4.79 Å². The number of aryl methyl sites for hydroxylation is 1. The Bertz CT molecular complexity index is 1030. The highest BCUT2D eigenvalue weighted by Crippen LogP contribution is 2.25. The molecule has 3 aromatic rings. The number of nitrogens with zero attached hydrogens (tertiary/aromatic N) is 2. The molecule has 0 aliphatic heterocycles. The summed E-state index contributed by atoms with van der Waals surface area (Å²) in [5.74, 6) is 1.19. The molecule has 0 saturated heterocycles. The molecule has 32 heavy (non-hydrogen) atoms. The summed E-state index contributed by atoms with van der Waals surface area (Å²) >= 11 is 5.94. The molecule has 168 valence electrons. The maximum atomic E-state index is 12.6. The third kappa shape index (κ3) is 5.99. The average Bonchev–Trinajstić information content (AvgIpc) is 3.29. The van der Waals surface area contributed by atoms with Crippen molar-refractivity contribution in [2.45, 2.75) is 57.5 Å². The van der Waals surface area contributed by atoms with Gasteiger partial charge in [0, 0.05) is 41.7 Å². The quantitative estimate of drug-likeness (QED) is 0.434. The lowest BCUT2D eigenvalue weighted by Crippen LogP contribution is -2.33. The molecular formula is C26H30ClN3O2. The molecule has 0 radical (unpaired) electrons. The van der Waals surface area contributed by atoms with E-state index in [-0.39, 0.29) is 5.91 Å². The lowest BCUT2D eigenvalue weighted by atomic mass is 9.94. The van der Waals surface area contributed by atoms with Crippen LogP contribution in [-0.2, 0) is 17.8 Å². The maximum Gasteiger partial charge on any atom is 0.224 e. The third-order valence-corrected chi connectivity index (χ3v) is 6.41. The van der Waals surface area contributed by atoms with Crippen molar-refractivity contribution in [2.75, 3.05) is 12.4 Å². The number of halogens is 1. The fourth-order valence-corrected chi connectivity index (χ4v) is 4.43. The van der Waals surface area contributed by atoms with Gasteiger partial charge in [0.05, 0.1) is 6.20 Å². The summed E-state index contributed by atoms with van der Waals surface area (Å²) < 4.78 is 5.81. The smallest absolute Gasteiger partial charge is 0.224 e. The molecule has 0 spiro atoms. The zero-order chi connectivity index (χ0) is 22.3. The number of para-hydroxylation sites is 1. The fraction of sp³-hybridized carbons (Fsp3) is 0.385. The number of carbonyl (C=O) groups is 1. The normalized spacial score (nSPS) is 14.6. The number of carbonyl (C=O) groups excluding carboxylic acids is 1. The number of nitrogens with one attached hydrogen (secondary N) is 1. The SMILES string of the molecule is CN(Cc1ccccc1NC(=O)CCc1ncc(-c2ccc(Cl)cc2)o1)C1CCCCC1. The Labute approximate surface area is 194 Å². The first-order valence-electron chi connectivity index (χ1n) is 11.4. The lowest BCUT2D eigenvalue weighted by Gasteiger charge is -2.31. The van der Waals surface area contributed by atoms with E-state index >= 15 is 0 Å². The van der Waals surface area contributed by atoms with Crippen LogP contribution in [0.5, 0.6) is 0 Å². The van der Waals surface area contributed by atoms with Gasteiger partial charge >= 0.3 is 0 Å². The minimum atomic E-state index is -0.0380. The van der Waals surface area contributed by atoms with E-state index in [1.165, 1.54) is 32.1 Å². The van der Waals surface area contributed by atoms with Crippen LogP contribution in [-0.4, -0.2) is 28.9 Å². The highest BCUT2D eigenvalue weighted by Gasteiger charge is 2.19. The fourth-order valence-electron chi connectivity index (χ4n) is 4.31. The second kappa shape index (κ2) is 10.8. The van der Waals surface area contributed by atoms with Gasteiger partial charge in [-0.2, -0.15) is 0 Å². The van der Waals surface area contributed by atoms with Crippen LogP contribution in [0.2, 0.25) is 5.02 Å². The zero-order valence-corrected chi connectivity index (χ0v) is 19.3. The van der Waals surface area contributed by atoms with Crippen LogP contribution < -0.4 is 5.32 Å². The Morgan fingerprint density at radius 3 is 2.66 bits per heavy atom. The third-order valence-electron chi connectivity index (χ3n) is 6.16. The van der Waals surface area contributed by atoms with Gasteiger partial charge in [-0.1, -0.05) is 49.1 Å². The number of hydrogen-bond donors (Lipinski definition) is 1. The molecule has 1 aliphatic rings. The van der Waals surface area contributed by atoms with E-state index in [0.717, 1.165) is 23.4 Å². The Kier molecular flexibility index (Phi) is 7.61. The summed E-state index contributed by atoms with van der Waals surface area (Å²) in [7, 11) is 2.19. The van der Waals surface area contributed by atoms with Crippen molar-refractivity contribution in [3.63, 3.8) is 0 Å². The van der Waals surface area contributed by atoms with Crippen molar-refractivity contribution in [3.8, 4) is 11.3 Å². The van der Waals surface area contributed by atoms with Gasteiger partial charge in [-0.15, -0.1) is 0 Å². The Morgan fingerprint density at radius 1 is 1.12 bits per heavy atom. The van der Waals surface area contributed by atoms with Gasteiger partial charge in [0.2, 0.25) is 5.91 Å². The summed E-state index contributed by atoms with van der Waals surface area (Å²) in [6.07, 6.45) is 8.95. The van der Waals surface area contributed by atoms with E-state index in [2.05, 4.69) is 28.3 Å². The number of benzene rings is 2. The molecule has 5 nitrogen and oxygen atoms in total. The van der Waals surface area contributed by atoms with Crippen LogP contribution in [0.25, 0.3) is 11.3 Å². The molecule has 4 rings (SSSR count). The van der Waals surface area contributed by atoms with Crippen LogP contribution >= 0.6 is 11.6 Å². The van der Waals surface area contributed by atoms with Gasteiger partial charge < -0.3 is 9.73 Å². The second-order valence-corrected chi connectivity index (χ2v) is 8.97. The first-order chi connectivity index (χ1) is 15.6. The van der Waals surface area contributed by atoms with E-state index < -0.39 is 0 Å². The summed E-state index contributed by atoms with van der Waals surface area (Å²) in [6.45, 7) is 0.839. The minimum absolute atomic E-state index is 0.0380. The van der Waals surface area contributed by atoms with Crippen LogP contribution in [0.15, 0.2) is 59.1 Å². The van der Waals surface area contributed by atoms with Crippen molar-refractivity contribution in [1.82, 2.24) is 9.88 Å². The second-order valence-electron chi connectivity index (χ2n) is 8.54. The highest BCUT2D eigenvalue weighted by atomic mass is 35.5. The molecule has 0 unspecified atom stereocenters. The van der Waals surface area contributed by atoms with E-state index in [1.54, 1.807) is 6.20 Å². The Balaban J connectivity index is 1.32. The molecule has 1 fully saturated rings. The van der Waals surface area contributed by atoms with Crippen LogP contribution in [0.1, 0.15) is 50.0 Å². The molecule has 6 heteroatoms. The van der Waals surface area contributed by atoms with Gasteiger partial charge in [0.1, 0.15) is 0 Å². The maximum absolute atomic E-state index is 12.6. The van der Waals surface area contributed by atoms with Gasteiger partial charge in [-0.3, -0.25) is 9.69 Å². The average molecular weight is 452 g/mol. The zero-order valence-electron chi connectivity index (χ0n) is 18.5. The number of anilines is 1. The van der Waals surface area contributed by atoms with Crippen LogP contribution in [0.3, 0.4) is 0 Å². The van der Waals surface area contributed by atoms with Gasteiger partial charge in [-0.05, 0) is 55.8 Å². The lowest BCUT2D eigenvalue weighted by molar-refractivity contribution is -0.116. The molecular weight excluding hydrogens is 422 g/mol. The molecule has 0 atom stereocenters. The van der Waals surface area contributed by atoms with Crippen molar-refractivity contribution in [1.29, 1.82) is 0 Å². The first-order valence-corrected chi connectivity index (χ1v) is 11.7. The number of amides is 1. The molecule has 1 N–H and O–H groups in total. The van der Waals surface area contributed by atoms with Gasteiger partial charge in [0.15, 0.2) is 11.7 Å². The van der Waals surface area contributed by atoms with Crippen molar-refractivity contribution < 1.29 is 9.21 Å². The minimum Gasteiger partial charge on any atom is -0.441 e. The predicted octanol–water partition coefficient (Wildman–Crippen LogP) is 6.33. The topological polar surface area (TPSA) is 58.4 Å². The molecule has 1 heterocycles. The van der Waals surface area contributed by atoms with Crippen LogP contribution in [0.4, 0.5) is 5.69 Å². The predicted molar refractivity (Wildman–Crippen MR) is 129 cm³/mol. The van der Waals surface area contributed by atoms with Crippen molar-refractivity contribution >= 4 is 23.2 Å². The standard InChI is InChI=1S/C26H30ClN3O2/c1-30(22-8-3-2-4-9-22)18-20-7-5-6-10-23(20)29-25(31)15-16-26-28-17-24(32-26)19-11-13-21(27)14-12-19/h5-7,10-14,17,22H,2-4,8-9,15-16,18H2,1H3,(H,29,31). The highest BCUT2D eigenvalue weighted by molar-refractivity contribution is 6.30. The van der Waals surface area contributed by atoms with Gasteiger partial charge in [0.25, 0.3) is 0 Å². The Morgan fingerprint density at radius 2 is 1.88 bits per heavy atom. The molecule has 1 aliphatic carbocycles. The molecule has 1 aromatic heterocycles. The Hall–Kier alpha value is -2.63. The van der Waals surface area contributed by atoms with Crippen LogP contribution in [0, 0.1) is 0 Å². The van der Waals surface area contributed by atoms with E-state index in [4.69, 9.17) is 16.0 Å². The van der Waals surface area contributed by atoms with Gasteiger partial charge in [-0.25, -0.2) is 4.98 Å². The summed E-state index contributed by atoms with van der Waals surface area (Å²) in [5, 5.41) is 3.76. The first kappa shape index (κ1) is 22.6.